The maximum Gasteiger partial charge on any atom is 0.401 e. The molecule has 1 aliphatic rings. The Bertz CT molecular complexity index is 951. The number of fused-ring (bicyclic) bond motifs is 7. The summed E-state index contributed by atoms with van der Waals surface area (Å²) in [6, 6.07) is 8.04. The molecule has 5 nitrogen and oxygen atoms in total. The highest BCUT2D eigenvalue weighted by Crippen LogP contribution is 2.31. The Balaban J connectivity index is 1.94. The summed E-state index contributed by atoms with van der Waals surface area (Å²) in [4.78, 5) is 4.42. The smallest absolute Gasteiger partial charge is 0.395 e. The standard InChI is InChI=1S/C14H9N4O/c1-3-9-7-17-13-10-4-2-6-16-18(10)8-11(13)19-14(17)12(9)15-5-1/h1-6,8H,7H2/q+1. The Kier molecular flexibility index (Phi) is 1.46. The van der Waals surface area contributed by atoms with Crippen molar-refractivity contribution in [3.05, 3.63) is 48.4 Å². The molecule has 0 unspecified atom stereocenters. The van der Waals surface area contributed by atoms with Crippen LogP contribution < -0.4 is 4.57 Å². The Morgan fingerprint density at radius 1 is 1.21 bits per heavy atom. The fourth-order valence-electron chi connectivity index (χ4n) is 2.83. The highest BCUT2D eigenvalue weighted by molar-refractivity contribution is 5.88. The van der Waals surface area contributed by atoms with Crippen molar-refractivity contribution in [2.45, 2.75) is 6.54 Å². The van der Waals surface area contributed by atoms with E-state index in [2.05, 4.69) is 26.8 Å². The van der Waals surface area contributed by atoms with Crippen LogP contribution >= 0.6 is 0 Å². The molecule has 4 aromatic heterocycles. The topological polar surface area (TPSA) is 47.2 Å². The third-order valence-electron chi connectivity index (χ3n) is 3.64. The summed E-state index contributed by atoms with van der Waals surface area (Å²) >= 11 is 0. The predicted molar refractivity (Wildman–Crippen MR) is 67.5 cm³/mol. The van der Waals surface area contributed by atoms with Gasteiger partial charge in [-0.25, -0.2) is 9.50 Å². The van der Waals surface area contributed by atoms with Crippen LogP contribution in [0.3, 0.4) is 0 Å². The molecule has 0 N–H and O–H groups in total. The first kappa shape index (κ1) is 9.27. The molecule has 0 spiro atoms. The lowest BCUT2D eigenvalue weighted by atomic mass is 10.2. The van der Waals surface area contributed by atoms with Crippen molar-refractivity contribution in [2.24, 2.45) is 0 Å². The van der Waals surface area contributed by atoms with Crippen molar-refractivity contribution in [3.63, 3.8) is 0 Å². The second kappa shape index (κ2) is 3.00. The third kappa shape index (κ3) is 1.03. The van der Waals surface area contributed by atoms with Gasteiger partial charge in [0.1, 0.15) is 5.52 Å². The zero-order valence-corrected chi connectivity index (χ0v) is 9.95. The number of pyridine rings is 1. The Labute approximate surface area is 107 Å². The first-order valence-electron chi connectivity index (χ1n) is 6.15. The third-order valence-corrected chi connectivity index (χ3v) is 3.64. The highest BCUT2D eigenvalue weighted by Gasteiger charge is 2.36. The fourth-order valence-corrected chi connectivity index (χ4v) is 2.83. The van der Waals surface area contributed by atoms with Gasteiger partial charge in [-0.2, -0.15) is 5.10 Å². The lowest BCUT2D eigenvalue weighted by Gasteiger charge is -1.89. The van der Waals surface area contributed by atoms with Gasteiger partial charge < -0.3 is 4.42 Å². The van der Waals surface area contributed by atoms with E-state index in [1.54, 1.807) is 12.4 Å². The minimum absolute atomic E-state index is 0.806. The molecule has 1 aliphatic heterocycles. The second-order valence-corrected chi connectivity index (χ2v) is 4.70. The first-order chi connectivity index (χ1) is 9.42. The molecule has 0 aromatic carbocycles. The highest BCUT2D eigenvalue weighted by atomic mass is 16.4. The number of aromatic nitrogens is 4. The summed E-state index contributed by atoms with van der Waals surface area (Å²) in [7, 11) is 0. The van der Waals surface area contributed by atoms with Gasteiger partial charge in [-0.15, -0.1) is 4.57 Å². The van der Waals surface area contributed by atoms with Crippen LogP contribution in [0.2, 0.25) is 0 Å². The molecule has 0 amide bonds. The first-order valence-corrected chi connectivity index (χ1v) is 6.15. The maximum absolute atomic E-state index is 5.96. The van der Waals surface area contributed by atoms with Gasteiger partial charge >= 0.3 is 5.89 Å². The van der Waals surface area contributed by atoms with Crippen LogP contribution in [-0.4, -0.2) is 14.6 Å². The van der Waals surface area contributed by atoms with E-state index in [1.165, 1.54) is 5.56 Å². The number of hydrogen-bond donors (Lipinski definition) is 0. The second-order valence-electron chi connectivity index (χ2n) is 4.70. The van der Waals surface area contributed by atoms with Crippen molar-refractivity contribution >= 4 is 16.6 Å². The minimum atomic E-state index is 0.806. The van der Waals surface area contributed by atoms with E-state index in [0.717, 1.165) is 34.7 Å². The Morgan fingerprint density at radius 3 is 3.16 bits per heavy atom. The van der Waals surface area contributed by atoms with Crippen LogP contribution in [0.5, 0.6) is 0 Å². The molecule has 0 saturated carbocycles. The summed E-state index contributed by atoms with van der Waals surface area (Å²) in [5.41, 5.74) is 5.14. The molecule has 90 valence electrons. The van der Waals surface area contributed by atoms with Crippen LogP contribution in [0, 0.1) is 0 Å². The molecule has 5 heterocycles. The molecule has 0 saturated heterocycles. The van der Waals surface area contributed by atoms with Crippen LogP contribution in [0.4, 0.5) is 0 Å². The molecular weight excluding hydrogens is 240 g/mol. The Hall–Kier alpha value is -2.69. The van der Waals surface area contributed by atoms with Crippen molar-refractivity contribution in [1.82, 2.24) is 14.6 Å². The molecule has 5 heteroatoms. The van der Waals surface area contributed by atoms with E-state index in [9.17, 15) is 0 Å². The van der Waals surface area contributed by atoms with E-state index in [4.69, 9.17) is 4.42 Å². The van der Waals surface area contributed by atoms with E-state index >= 15 is 0 Å². The average molecular weight is 249 g/mol. The van der Waals surface area contributed by atoms with Gasteiger partial charge in [0.05, 0.1) is 11.8 Å². The number of oxazole rings is 1. The van der Waals surface area contributed by atoms with Gasteiger partial charge in [0.15, 0.2) is 12.2 Å². The summed E-state index contributed by atoms with van der Waals surface area (Å²) < 4.78 is 9.98. The number of hydrogen-bond acceptors (Lipinski definition) is 3. The van der Waals surface area contributed by atoms with Crippen molar-refractivity contribution in [1.29, 1.82) is 0 Å². The minimum Gasteiger partial charge on any atom is -0.395 e. The predicted octanol–water partition coefficient (Wildman–Crippen LogP) is 1.79. The maximum atomic E-state index is 5.96. The van der Waals surface area contributed by atoms with E-state index in [1.807, 2.05) is 22.8 Å². The van der Waals surface area contributed by atoms with E-state index in [0.29, 0.717) is 0 Å². The van der Waals surface area contributed by atoms with Gasteiger partial charge in [-0.3, -0.25) is 0 Å². The average Bonchev–Trinajstić information content (AvgIpc) is 3.05. The van der Waals surface area contributed by atoms with Crippen LogP contribution in [-0.2, 0) is 6.54 Å². The Morgan fingerprint density at radius 2 is 2.16 bits per heavy atom. The van der Waals surface area contributed by atoms with Crippen LogP contribution in [0.25, 0.3) is 28.2 Å². The number of nitrogens with zero attached hydrogens (tertiary/aromatic N) is 4. The monoisotopic (exact) mass is 249 g/mol. The summed E-state index contributed by atoms with van der Waals surface area (Å²) in [5.74, 6) is 0.840. The van der Waals surface area contributed by atoms with E-state index in [-0.39, 0.29) is 0 Å². The van der Waals surface area contributed by atoms with Gasteiger partial charge in [0.2, 0.25) is 5.58 Å². The summed E-state index contributed by atoms with van der Waals surface area (Å²) in [5, 5.41) is 4.29. The molecular formula is C14H9N4O+. The lowest BCUT2D eigenvalue weighted by Crippen LogP contribution is -2.30. The van der Waals surface area contributed by atoms with E-state index < -0.39 is 0 Å². The van der Waals surface area contributed by atoms with Crippen LogP contribution in [0.15, 0.2) is 47.3 Å². The molecule has 5 rings (SSSR count). The van der Waals surface area contributed by atoms with Gasteiger partial charge in [0.25, 0.3) is 5.52 Å². The van der Waals surface area contributed by atoms with Crippen molar-refractivity contribution in [3.8, 4) is 11.6 Å². The lowest BCUT2D eigenvalue weighted by molar-refractivity contribution is -0.648. The molecule has 0 aliphatic carbocycles. The summed E-state index contributed by atoms with van der Waals surface area (Å²) in [6.45, 7) is 0.806. The molecule has 19 heavy (non-hydrogen) atoms. The fraction of sp³-hybridized carbons (Fsp3) is 0.0714. The van der Waals surface area contributed by atoms with Gasteiger partial charge in [-0.1, -0.05) is 0 Å². The molecule has 0 fully saturated rings. The van der Waals surface area contributed by atoms with Crippen molar-refractivity contribution < 1.29 is 8.98 Å². The zero-order chi connectivity index (χ0) is 12.4. The molecule has 0 radical (unpaired) electrons. The molecule has 0 atom stereocenters. The van der Waals surface area contributed by atoms with Gasteiger partial charge in [0, 0.05) is 12.4 Å². The summed E-state index contributed by atoms with van der Waals surface area (Å²) in [6.07, 6.45) is 5.49. The zero-order valence-electron chi connectivity index (χ0n) is 9.95. The molecule has 4 aromatic rings. The van der Waals surface area contributed by atoms with Crippen molar-refractivity contribution in [2.75, 3.05) is 0 Å². The quantitative estimate of drug-likeness (QED) is 0.393. The van der Waals surface area contributed by atoms with Gasteiger partial charge in [-0.05, 0) is 24.3 Å². The SMILES string of the molecule is c1cnc2c(c1)C[n+]1c-2oc2cn3ncccc3c21. The number of rotatable bonds is 0. The normalized spacial score (nSPS) is 13.1. The van der Waals surface area contributed by atoms with Crippen LogP contribution in [0.1, 0.15) is 5.56 Å². The molecule has 0 bridgehead atoms. The largest absolute Gasteiger partial charge is 0.401 e.